The van der Waals surface area contributed by atoms with E-state index >= 15 is 0 Å². The zero-order chi connectivity index (χ0) is 15.1. The van der Waals surface area contributed by atoms with Gasteiger partial charge in [-0.2, -0.15) is 0 Å². The van der Waals surface area contributed by atoms with Gasteiger partial charge >= 0.3 is 0 Å². The molecule has 1 saturated carbocycles. The molecule has 1 amide bonds. The van der Waals surface area contributed by atoms with E-state index in [0.717, 1.165) is 31.2 Å². The van der Waals surface area contributed by atoms with E-state index in [2.05, 4.69) is 34.4 Å². The molecular formula is C16H26N4O. The maximum Gasteiger partial charge on any atom is 0.271 e. The molecule has 5 heteroatoms. The van der Waals surface area contributed by atoms with Crippen LogP contribution in [0.15, 0.2) is 12.4 Å². The lowest BCUT2D eigenvalue weighted by molar-refractivity contribution is 0.0935. The summed E-state index contributed by atoms with van der Waals surface area (Å²) in [6.07, 6.45) is 9.22. The largest absolute Gasteiger partial charge is 0.369 e. The number of rotatable bonds is 6. The highest BCUT2D eigenvalue weighted by molar-refractivity contribution is 5.91. The van der Waals surface area contributed by atoms with E-state index in [1.807, 2.05) is 0 Å². The molecule has 0 saturated heterocycles. The molecule has 1 aliphatic carbocycles. The van der Waals surface area contributed by atoms with Gasteiger partial charge in [0.05, 0.1) is 12.4 Å². The van der Waals surface area contributed by atoms with E-state index in [-0.39, 0.29) is 5.91 Å². The Hall–Kier alpha value is -1.65. The second-order valence-corrected chi connectivity index (χ2v) is 6.06. The SMILES string of the molecule is CCCNc1cnc(C(=O)NCC2CCCC(C)C2)cn1. The maximum atomic E-state index is 12.1. The number of aromatic nitrogens is 2. The first-order chi connectivity index (χ1) is 10.2. The van der Waals surface area contributed by atoms with Crippen LogP contribution < -0.4 is 10.6 Å². The predicted octanol–water partition coefficient (Wildman–Crippen LogP) is 2.85. The molecule has 2 N–H and O–H groups in total. The zero-order valence-corrected chi connectivity index (χ0v) is 13.1. The lowest BCUT2D eigenvalue weighted by atomic mass is 9.82. The van der Waals surface area contributed by atoms with Crippen LogP contribution in [0.4, 0.5) is 5.82 Å². The van der Waals surface area contributed by atoms with E-state index in [9.17, 15) is 4.79 Å². The van der Waals surface area contributed by atoms with Crippen LogP contribution in [-0.4, -0.2) is 29.0 Å². The molecular weight excluding hydrogens is 264 g/mol. The highest BCUT2D eigenvalue weighted by Gasteiger charge is 2.19. The zero-order valence-electron chi connectivity index (χ0n) is 13.1. The minimum absolute atomic E-state index is 0.122. The van der Waals surface area contributed by atoms with Gasteiger partial charge in [-0.3, -0.25) is 4.79 Å². The Kier molecular flexibility index (Phi) is 5.96. The van der Waals surface area contributed by atoms with Crippen molar-refractivity contribution in [2.45, 2.75) is 46.0 Å². The van der Waals surface area contributed by atoms with E-state index in [1.165, 1.54) is 31.9 Å². The van der Waals surface area contributed by atoms with Crippen molar-refractivity contribution >= 4 is 11.7 Å². The molecule has 1 aromatic heterocycles. The summed E-state index contributed by atoms with van der Waals surface area (Å²) < 4.78 is 0. The monoisotopic (exact) mass is 290 g/mol. The predicted molar refractivity (Wildman–Crippen MR) is 84.3 cm³/mol. The quantitative estimate of drug-likeness (QED) is 0.845. The van der Waals surface area contributed by atoms with Gasteiger partial charge < -0.3 is 10.6 Å². The Morgan fingerprint density at radius 1 is 1.33 bits per heavy atom. The first-order valence-corrected chi connectivity index (χ1v) is 8.03. The van der Waals surface area contributed by atoms with Gasteiger partial charge in [-0.05, 0) is 31.1 Å². The summed E-state index contributed by atoms with van der Waals surface area (Å²) in [6, 6.07) is 0. The van der Waals surface area contributed by atoms with Crippen molar-refractivity contribution in [1.29, 1.82) is 0 Å². The molecule has 0 radical (unpaired) electrons. The summed E-state index contributed by atoms with van der Waals surface area (Å²) in [5.74, 6) is 1.98. The Balaban J connectivity index is 1.79. The topological polar surface area (TPSA) is 66.9 Å². The van der Waals surface area contributed by atoms with Crippen molar-refractivity contribution < 1.29 is 4.79 Å². The molecule has 1 aliphatic rings. The Morgan fingerprint density at radius 2 is 2.19 bits per heavy atom. The van der Waals surface area contributed by atoms with Gasteiger partial charge in [-0.25, -0.2) is 9.97 Å². The Morgan fingerprint density at radius 3 is 2.86 bits per heavy atom. The number of carbonyl (C=O) groups is 1. The number of nitrogens with zero attached hydrogens (tertiary/aromatic N) is 2. The van der Waals surface area contributed by atoms with Crippen LogP contribution in [0.1, 0.15) is 56.4 Å². The van der Waals surface area contributed by atoms with E-state index in [4.69, 9.17) is 0 Å². The van der Waals surface area contributed by atoms with Crippen molar-refractivity contribution in [3.8, 4) is 0 Å². The normalized spacial score (nSPS) is 21.8. The molecule has 0 aliphatic heterocycles. The van der Waals surface area contributed by atoms with Crippen molar-refractivity contribution in [2.24, 2.45) is 11.8 Å². The van der Waals surface area contributed by atoms with Crippen molar-refractivity contribution in [3.63, 3.8) is 0 Å². The second-order valence-electron chi connectivity index (χ2n) is 6.06. The molecule has 21 heavy (non-hydrogen) atoms. The van der Waals surface area contributed by atoms with E-state index in [0.29, 0.717) is 11.6 Å². The van der Waals surface area contributed by atoms with Gasteiger partial charge in [0.1, 0.15) is 11.5 Å². The van der Waals surface area contributed by atoms with Gasteiger partial charge in [0.2, 0.25) is 0 Å². The number of amides is 1. The molecule has 116 valence electrons. The van der Waals surface area contributed by atoms with Crippen LogP contribution in [-0.2, 0) is 0 Å². The molecule has 0 bridgehead atoms. The van der Waals surface area contributed by atoms with Crippen molar-refractivity contribution in [3.05, 3.63) is 18.1 Å². The number of hydrogen-bond donors (Lipinski definition) is 2. The second kappa shape index (κ2) is 7.96. The van der Waals surface area contributed by atoms with Gasteiger partial charge in [0.15, 0.2) is 0 Å². The Bertz CT molecular complexity index is 446. The lowest BCUT2D eigenvalue weighted by Gasteiger charge is -2.26. The first-order valence-electron chi connectivity index (χ1n) is 8.03. The van der Waals surface area contributed by atoms with Crippen LogP contribution in [0, 0.1) is 11.8 Å². The summed E-state index contributed by atoms with van der Waals surface area (Å²) in [7, 11) is 0. The third-order valence-electron chi connectivity index (χ3n) is 4.04. The average molecular weight is 290 g/mol. The lowest BCUT2D eigenvalue weighted by Crippen LogP contribution is -2.32. The number of nitrogens with one attached hydrogen (secondary N) is 2. The van der Waals surface area contributed by atoms with E-state index in [1.54, 1.807) is 6.20 Å². The van der Waals surface area contributed by atoms with Crippen LogP contribution >= 0.6 is 0 Å². The highest BCUT2D eigenvalue weighted by atomic mass is 16.1. The molecule has 5 nitrogen and oxygen atoms in total. The van der Waals surface area contributed by atoms with Crippen molar-refractivity contribution in [1.82, 2.24) is 15.3 Å². The third kappa shape index (κ3) is 4.99. The molecule has 2 unspecified atom stereocenters. The molecule has 1 aromatic rings. The summed E-state index contributed by atoms with van der Waals surface area (Å²) in [4.78, 5) is 20.4. The van der Waals surface area contributed by atoms with E-state index < -0.39 is 0 Å². The minimum atomic E-state index is -0.122. The summed E-state index contributed by atoms with van der Waals surface area (Å²) in [5, 5.41) is 6.13. The third-order valence-corrected chi connectivity index (χ3v) is 4.04. The standard InChI is InChI=1S/C16H26N4O/c1-3-7-17-15-11-18-14(10-19-15)16(21)20-9-13-6-4-5-12(2)8-13/h10-13H,3-9H2,1-2H3,(H,17,19)(H,20,21). The fraction of sp³-hybridized carbons (Fsp3) is 0.688. The summed E-state index contributed by atoms with van der Waals surface area (Å²) in [6.45, 7) is 6.00. The first kappa shape index (κ1) is 15.7. The van der Waals surface area contributed by atoms with Crippen LogP contribution in [0.5, 0.6) is 0 Å². The number of carbonyl (C=O) groups excluding carboxylic acids is 1. The van der Waals surface area contributed by atoms with Gasteiger partial charge in [0.25, 0.3) is 5.91 Å². The highest BCUT2D eigenvalue weighted by Crippen LogP contribution is 2.27. The number of hydrogen-bond acceptors (Lipinski definition) is 4. The number of anilines is 1. The molecule has 0 aromatic carbocycles. The summed E-state index contributed by atoms with van der Waals surface area (Å²) >= 11 is 0. The molecule has 1 heterocycles. The molecule has 1 fully saturated rings. The van der Waals surface area contributed by atoms with Gasteiger partial charge in [0, 0.05) is 13.1 Å². The molecule has 0 spiro atoms. The molecule has 2 atom stereocenters. The van der Waals surface area contributed by atoms with Crippen LogP contribution in [0.3, 0.4) is 0 Å². The Labute approximate surface area is 127 Å². The maximum absolute atomic E-state index is 12.1. The summed E-state index contributed by atoms with van der Waals surface area (Å²) in [5.41, 5.74) is 0.390. The van der Waals surface area contributed by atoms with Crippen LogP contribution in [0.2, 0.25) is 0 Å². The minimum Gasteiger partial charge on any atom is -0.369 e. The van der Waals surface area contributed by atoms with Crippen LogP contribution in [0.25, 0.3) is 0 Å². The fourth-order valence-corrected chi connectivity index (χ4v) is 2.86. The smallest absolute Gasteiger partial charge is 0.271 e. The fourth-order valence-electron chi connectivity index (χ4n) is 2.86. The van der Waals surface area contributed by atoms with Gasteiger partial charge in [-0.1, -0.05) is 26.7 Å². The average Bonchev–Trinajstić information content (AvgIpc) is 2.51. The molecule has 2 rings (SSSR count). The van der Waals surface area contributed by atoms with Gasteiger partial charge in [-0.15, -0.1) is 0 Å². The van der Waals surface area contributed by atoms with Crippen molar-refractivity contribution in [2.75, 3.05) is 18.4 Å².